The SMILES string of the molecule is C1=NC1n1nnc2ccccc21. The zero-order chi connectivity index (χ0) is 7.97. The van der Waals surface area contributed by atoms with Gasteiger partial charge in [-0.25, -0.2) is 4.68 Å². The average molecular weight is 158 g/mol. The molecule has 0 bridgehead atoms. The van der Waals surface area contributed by atoms with Crippen molar-refractivity contribution >= 4 is 17.2 Å². The van der Waals surface area contributed by atoms with E-state index in [1.54, 1.807) is 0 Å². The van der Waals surface area contributed by atoms with E-state index >= 15 is 0 Å². The molecule has 1 atom stereocenters. The zero-order valence-electron chi connectivity index (χ0n) is 6.25. The molecule has 1 aliphatic heterocycles. The average Bonchev–Trinajstić information content (AvgIpc) is 2.86. The highest BCUT2D eigenvalue weighted by Crippen LogP contribution is 2.20. The number of hydrogen-bond donors (Lipinski definition) is 0. The van der Waals surface area contributed by atoms with E-state index in [0.29, 0.717) is 0 Å². The van der Waals surface area contributed by atoms with Crippen LogP contribution in [0.15, 0.2) is 29.3 Å². The summed E-state index contributed by atoms with van der Waals surface area (Å²) in [6, 6.07) is 7.87. The van der Waals surface area contributed by atoms with Crippen LogP contribution in [-0.2, 0) is 0 Å². The van der Waals surface area contributed by atoms with Crippen molar-refractivity contribution in [1.82, 2.24) is 15.0 Å². The first-order chi connectivity index (χ1) is 5.95. The lowest BCUT2D eigenvalue weighted by Gasteiger charge is -1.94. The maximum absolute atomic E-state index is 4.03. The molecule has 0 amide bonds. The number of nitrogens with zero attached hydrogens (tertiary/aromatic N) is 4. The van der Waals surface area contributed by atoms with E-state index in [0.717, 1.165) is 11.0 Å². The lowest BCUT2D eigenvalue weighted by molar-refractivity contribution is 0.642. The second kappa shape index (κ2) is 1.91. The minimum atomic E-state index is 0.123. The molecule has 3 rings (SSSR count). The number of para-hydroxylation sites is 1. The Bertz CT molecular complexity index is 451. The Morgan fingerprint density at radius 1 is 1.25 bits per heavy atom. The molecule has 12 heavy (non-hydrogen) atoms. The first kappa shape index (κ1) is 5.88. The molecule has 0 radical (unpaired) electrons. The fraction of sp³-hybridized carbons (Fsp3) is 0.125. The van der Waals surface area contributed by atoms with Crippen molar-refractivity contribution in [2.24, 2.45) is 4.99 Å². The molecule has 1 aromatic carbocycles. The van der Waals surface area contributed by atoms with Crippen LogP contribution in [-0.4, -0.2) is 21.2 Å². The van der Waals surface area contributed by atoms with Crippen molar-refractivity contribution in [3.63, 3.8) is 0 Å². The quantitative estimate of drug-likeness (QED) is 0.621. The highest BCUT2D eigenvalue weighted by atomic mass is 15.5. The van der Waals surface area contributed by atoms with Crippen molar-refractivity contribution in [2.75, 3.05) is 0 Å². The van der Waals surface area contributed by atoms with Gasteiger partial charge in [-0.2, -0.15) is 0 Å². The summed E-state index contributed by atoms with van der Waals surface area (Å²) in [5, 5.41) is 8.01. The minimum Gasteiger partial charge on any atom is -0.261 e. The topological polar surface area (TPSA) is 43.1 Å². The number of aliphatic imine (C=N–C) groups is 1. The fourth-order valence-electron chi connectivity index (χ4n) is 1.25. The molecule has 1 aliphatic rings. The first-order valence-electron chi connectivity index (χ1n) is 3.78. The van der Waals surface area contributed by atoms with E-state index in [2.05, 4.69) is 15.3 Å². The van der Waals surface area contributed by atoms with Crippen molar-refractivity contribution in [3.05, 3.63) is 24.3 Å². The molecule has 0 saturated carbocycles. The summed E-state index contributed by atoms with van der Waals surface area (Å²) in [5.41, 5.74) is 1.97. The van der Waals surface area contributed by atoms with Gasteiger partial charge in [0.15, 0.2) is 6.17 Å². The Balaban J connectivity index is 2.30. The molecule has 1 unspecified atom stereocenters. The smallest absolute Gasteiger partial charge is 0.178 e. The molecular weight excluding hydrogens is 152 g/mol. The maximum Gasteiger partial charge on any atom is 0.178 e. The number of fused-ring (bicyclic) bond motifs is 1. The van der Waals surface area contributed by atoms with Crippen molar-refractivity contribution in [1.29, 1.82) is 0 Å². The molecule has 0 fully saturated rings. The van der Waals surface area contributed by atoms with Gasteiger partial charge in [0.05, 0.1) is 5.52 Å². The van der Waals surface area contributed by atoms with Crippen molar-refractivity contribution in [2.45, 2.75) is 6.17 Å². The molecule has 58 valence electrons. The monoisotopic (exact) mass is 158 g/mol. The predicted molar refractivity (Wildman–Crippen MR) is 45.1 cm³/mol. The Kier molecular flexibility index (Phi) is 0.935. The van der Waals surface area contributed by atoms with E-state index in [1.807, 2.05) is 35.2 Å². The van der Waals surface area contributed by atoms with E-state index in [-0.39, 0.29) is 6.17 Å². The van der Waals surface area contributed by atoms with Crippen molar-refractivity contribution in [3.8, 4) is 0 Å². The van der Waals surface area contributed by atoms with Crippen molar-refractivity contribution < 1.29 is 0 Å². The van der Waals surface area contributed by atoms with Crippen LogP contribution in [0.1, 0.15) is 6.17 Å². The third kappa shape index (κ3) is 0.689. The Morgan fingerprint density at radius 2 is 2.08 bits per heavy atom. The lowest BCUT2D eigenvalue weighted by atomic mass is 10.3. The molecule has 2 heterocycles. The molecular formula is C8H6N4. The normalized spacial score (nSPS) is 20.2. The van der Waals surface area contributed by atoms with E-state index in [4.69, 9.17) is 0 Å². The third-order valence-electron chi connectivity index (χ3n) is 1.91. The molecule has 0 aliphatic carbocycles. The number of hydrogen-bond acceptors (Lipinski definition) is 3. The fourth-order valence-corrected chi connectivity index (χ4v) is 1.25. The number of rotatable bonds is 1. The van der Waals surface area contributed by atoms with Gasteiger partial charge in [0.2, 0.25) is 0 Å². The van der Waals surface area contributed by atoms with Gasteiger partial charge in [0.1, 0.15) is 5.52 Å². The molecule has 0 spiro atoms. The maximum atomic E-state index is 4.03. The predicted octanol–water partition coefficient (Wildman–Crippen LogP) is 1.01. The summed E-state index contributed by atoms with van der Waals surface area (Å²) in [4.78, 5) is 4.03. The highest BCUT2D eigenvalue weighted by Gasteiger charge is 2.18. The van der Waals surface area contributed by atoms with E-state index in [9.17, 15) is 0 Å². The largest absolute Gasteiger partial charge is 0.261 e. The van der Waals surface area contributed by atoms with Crippen LogP contribution >= 0.6 is 0 Å². The van der Waals surface area contributed by atoms with Gasteiger partial charge in [0.25, 0.3) is 0 Å². The van der Waals surface area contributed by atoms with Gasteiger partial charge in [-0.1, -0.05) is 17.3 Å². The summed E-state index contributed by atoms with van der Waals surface area (Å²) in [6.45, 7) is 0. The van der Waals surface area contributed by atoms with Gasteiger partial charge in [0, 0.05) is 6.21 Å². The molecule has 1 aromatic heterocycles. The molecule has 4 nitrogen and oxygen atoms in total. The van der Waals surface area contributed by atoms with Crippen LogP contribution in [0, 0.1) is 0 Å². The van der Waals surface area contributed by atoms with Crippen LogP contribution in [0.2, 0.25) is 0 Å². The highest BCUT2D eigenvalue weighted by molar-refractivity contribution is 5.80. The summed E-state index contributed by atoms with van der Waals surface area (Å²) >= 11 is 0. The van der Waals surface area contributed by atoms with Gasteiger partial charge in [-0.15, -0.1) is 5.10 Å². The van der Waals surface area contributed by atoms with Crippen LogP contribution in [0.25, 0.3) is 11.0 Å². The molecule has 0 N–H and O–H groups in total. The standard InChI is InChI=1S/C8H6N4/c1-2-4-7-6(3-1)10-11-12(7)8-5-9-8/h1-5,8H. The Hall–Kier alpha value is -1.71. The zero-order valence-corrected chi connectivity index (χ0v) is 6.25. The Morgan fingerprint density at radius 3 is 2.92 bits per heavy atom. The summed E-state index contributed by atoms with van der Waals surface area (Å²) in [6.07, 6.45) is 1.97. The lowest BCUT2D eigenvalue weighted by Crippen LogP contribution is -1.98. The summed E-state index contributed by atoms with van der Waals surface area (Å²) in [7, 11) is 0. The van der Waals surface area contributed by atoms with Gasteiger partial charge < -0.3 is 0 Å². The van der Waals surface area contributed by atoms with Crippen LogP contribution in [0.4, 0.5) is 0 Å². The summed E-state index contributed by atoms with van der Waals surface area (Å²) in [5.74, 6) is 0. The summed E-state index contributed by atoms with van der Waals surface area (Å²) < 4.78 is 1.81. The van der Waals surface area contributed by atoms with Crippen LogP contribution in [0.5, 0.6) is 0 Å². The second-order valence-electron chi connectivity index (χ2n) is 2.73. The molecule has 0 saturated heterocycles. The van der Waals surface area contributed by atoms with Gasteiger partial charge in [-0.3, -0.25) is 4.99 Å². The van der Waals surface area contributed by atoms with Gasteiger partial charge >= 0.3 is 0 Å². The molecule has 4 heteroatoms. The van der Waals surface area contributed by atoms with E-state index in [1.165, 1.54) is 0 Å². The number of aromatic nitrogens is 3. The first-order valence-corrected chi connectivity index (χ1v) is 3.78. The van der Waals surface area contributed by atoms with Crippen LogP contribution < -0.4 is 0 Å². The second-order valence-corrected chi connectivity index (χ2v) is 2.73. The number of benzene rings is 1. The third-order valence-corrected chi connectivity index (χ3v) is 1.91. The van der Waals surface area contributed by atoms with E-state index < -0.39 is 0 Å². The van der Waals surface area contributed by atoms with Crippen LogP contribution in [0.3, 0.4) is 0 Å². The minimum absolute atomic E-state index is 0.123. The Labute approximate surface area is 68.5 Å². The van der Waals surface area contributed by atoms with Gasteiger partial charge in [-0.05, 0) is 12.1 Å². The molecule has 2 aromatic rings.